The van der Waals surface area contributed by atoms with E-state index in [1.807, 2.05) is 25.1 Å². The van der Waals surface area contributed by atoms with Crippen LogP contribution in [0.15, 0.2) is 53.4 Å². The Morgan fingerprint density at radius 1 is 0.923 bits per heavy atom. The van der Waals surface area contributed by atoms with Gasteiger partial charge in [0.25, 0.3) is 10.0 Å². The third kappa shape index (κ3) is 4.11. The summed E-state index contributed by atoms with van der Waals surface area (Å²) in [6.07, 6.45) is 0. The molecule has 1 heterocycles. The largest absolute Gasteiger partial charge is 0.367 e. The van der Waals surface area contributed by atoms with Crippen molar-refractivity contribution in [2.75, 3.05) is 16.6 Å². The molecule has 6 nitrogen and oxygen atoms in total. The Kier molecular flexibility index (Phi) is 5.08. The van der Waals surface area contributed by atoms with Crippen molar-refractivity contribution in [2.24, 2.45) is 5.92 Å². The fraction of sp³-hybridized carbons (Fsp3) is 0.263. The Morgan fingerprint density at radius 2 is 1.50 bits per heavy atom. The molecule has 0 spiro atoms. The zero-order chi connectivity index (χ0) is 18.7. The third-order valence-corrected chi connectivity index (χ3v) is 5.17. The second-order valence-electron chi connectivity index (χ2n) is 6.60. The maximum absolute atomic E-state index is 12.7. The molecular formula is C19H22N4O2S. The first-order valence-corrected chi connectivity index (χ1v) is 9.93. The van der Waals surface area contributed by atoms with E-state index in [-0.39, 0.29) is 10.7 Å². The van der Waals surface area contributed by atoms with E-state index in [0.29, 0.717) is 29.3 Å². The molecule has 0 amide bonds. The van der Waals surface area contributed by atoms with E-state index in [1.165, 1.54) is 0 Å². The average molecular weight is 370 g/mol. The number of nitrogens with zero attached hydrogens (tertiary/aromatic N) is 2. The third-order valence-electron chi connectivity index (χ3n) is 3.81. The molecule has 0 bridgehead atoms. The molecule has 0 unspecified atom stereocenters. The van der Waals surface area contributed by atoms with E-state index >= 15 is 0 Å². The first-order chi connectivity index (χ1) is 12.3. The predicted molar refractivity (Wildman–Crippen MR) is 105 cm³/mol. The van der Waals surface area contributed by atoms with E-state index in [0.717, 1.165) is 5.56 Å². The molecule has 0 atom stereocenters. The fourth-order valence-electron chi connectivity index (χ4n) is 2.40. The number of benzene rings is 2. The highest BCUT2D eigenvalue weighted by molar-refractivity contribution is 7.92. The summed E-state index contributed by atoms with van der Waals surface area (Å²) in [5.41, 5.74) is 2.33. The molecule has 2 N–H and O–H groups in total. The first-order valence-electron chi connectivity index (χ1n) is 8.45. The molecule has 3 aromatic rings. The van der Waals surface area contributed by atoms with Crippen LogP contribution in [0.5, 0.6) is 0 Å². The van der Waals surface area contributed by atoms with Crippen molar-refractivity contribution < 1.29 is 8.42 Å². The molecule has 0 fully saturated rings. The van der Waals surface area contributed by atoms with Crippen LogP contribution in [0, 0.1) is 12.8 Å². The lowest BCUT2D eigenvalue weighted by molar-refractivity contribution is 0.601. The van der Waals surface area contributed by atoms with Gasteiger partial charge in [-0.15, -0.1) is 0 Å². The zero-order valence-corrected chi connectivity index (χ0v) is 15.8. The molecular weight excluding hydrogens is 348 g/mol. The van der Waals surface area contributed by atoms with Crippen LogP contribution in [0.4, 0.5) is 11.6 Å². The van der Waals surface area contributed by atoms with Crippen molar-refractivity contribution in [3.8, 4) is 0 Å². The highest BCUT2D eigenvalue weighted by Gasteiger charge is 2.18. The lowest BCUT2D eigenvalue weighted by atomic mass is 10.2. The monoisotopic (exact) mass is 370 g/mol. The van der Waals surface area contributed by atoms with Gasteiger partial charge in [0.05, 0.1) is 15.9 Å². The number of para-hydroxylation sites is 2. The second-order valence-corrected chi connectivity index (χ2v) is 8.29. The molecule has 136 valence electrons. The number of rotatable bonds is 6. The lowest BCUT2D eigenvalue weighted by Gasteiger charge is -2.15. The van der Waals surface area contributed by atoms with Crippen LogP contribution in [-0.2, 0) is 10.0 Å². The number of aryl methyl sites for hydroxylation is 1. The number of hydrogen-bond acceptors (Lipinski definition) is 5. The molecule has 3 rings (SSSR count). The van der Waals surface area contributed by atoms with Gasteiger partial charge >= 0.3 is 0 Å². The van der Waals surface area contributed by atoms with Crippen molar-refractivity contribution in [1.29, 1.82) is 0 Å². The highest BCUT2D eigenvalue weighted by Crippen LogP contribution is 2.24. The Balaban J connectivity index is 2.01. The molecule has 0 aliphatic rings. The smallest absolute Gasteiger partial charge is 0.263 e. The molecule has 7 heteroatoms. The van der Waals surface area contributed by atoms with Crippen LogP contribution in [-0.4, -0.2) is 24.9 Å². The van der Waals surface area contributed by atoms with Gasteiger partial charge in [0, 0.05) is 6.54 Å². The van der Waals surface area contributed by atoms with Gasteiger partial charge in [-0.25, -0.2) is 18.4 Å². The fourth-order valence-corrected chi connectivity index (χ4v) is 3.41. The van der Waals surface area contributed by atoms with Crippen molar-refractivity contribution in [3.63, 3.8) is 0 Å². The molecule has 0 radical (unpaired) electrons. The predicted octanol–water partition coefficient (Wildman–Crippen LogP) is 3.81. The van der Waals surface area contributed by atoms with Crippen LogP contribution < -0.4 is 10.0 Å². The first kappa shape index (κ1) is 18.1. The topological polar surface area (TPSA) is 84.0 Å². The molecule has 0 aliphatic heterocycles. The number of hydrogen-bond donors (Lipinski definition) is 2. The molecule has 26 heavy (non-hydrogen) atoms. The van der Waals surface area contributed by atoms with Crippen molar-refractivity contribution in [1.82, 2.24) is 9.97 Å². The van der Waals surface area contributed by atoms with Gasteiger partial charge in [0.1, 0.15) is 0 Å². The summed E-state index contributed by atoms with van der Waals surface area (Å²) in [6.45, 7) is 6.70. The number of nitrogens with one attached hydrogen (secondary N) is 2. The zero-order valence-electron chi connectivity index (χ0n) is 15.0. The van der Waals surface area contributed by atoms with Gasteiger partial charge in [-0.05, 0) is 37.1 Å². The van der Waals surface area contributed by atoms with Crippen LogP contribution in [0.1, 0.15) is 19.4 Å². The van der Waals surface area contributed by atoms with Gasteiger partial charge < -0.3 is 5.32 Å². The molecule has 0 saturated carbocycles. The number of anilines is 2. The van der Waals surface area contributed by atoms with Gasteiger partial charge in [0.2, 0.25) is 0 Å². The molecule has 0 aliphatic carbocycles. The Hall–Kier alpha value is -2.67. The molecule has 1 aromatic heterocycles. The lowest BCUT2D eigenvalue weighted by Crippen LogP contribution is -2.18. The van der Waals surface area contributed by atoms with Gasteiger partial charge in [-0.3, -0.25) is 4.72 Å². The minimum Gasteiger partial charge on any atom is -0.367 e. The van der Waals surface area contributed by atoms with Crippen LogP contribution in [0.2, 0.25) is 0 Å². The summed E-state index contributed by atoms with van der Waals surface area (Å²) in [5, 5.41) is 3.19. The Bertz CT molecular complexity index is 1020. The van der Waals surface area contributed by atoms with Crippen LogP contribution in [0.25, 0.3) is 11.0 Å². The van der Waals surface area contributed by atoms with Gasteiger partial charge in [0.15, 0.2) is 11.6 Å². The number of fused-ring (bicyclic) bond motifs is 1. The summed E-state index contributed by atoms with van der Waals surface area (Å²) in [7, 11) is -3.75. The Labute approximate surface area is 153 Å². The molecule has 0 saturated heterocycles. The summed E-state index contributed by atoms with van der Waals surface area (Å²) < 4.78 is 28.0. The SMILES string of the molecule is Cc1ccc(S(=O)(=O)Nc2nc3ccccc3nc2NCC(C)C)cc1. The minimum atomic E-state index is -3.75. The van der Waals surface area contributed by atoms with E-state index in [9.17, 15) is 8.42 Å². The van der Waals surface area contributed by atoms with E-state index in [2.05, 4.69) is 33.9 Å². The minimum absolute atomic E-state index is 0.188. The van der Waals surface area contributed by atoms with E-state index in [1.54, 1.807) is 30.3 Å². The highest BCUT2D eigenvalue weighted by atomic mass is 32.2. The summed E-state index contributed by atoms with van der Waals surface area (Å²) in [6, 6.07) is 14.0. The van der Waals surface area contributed by atoms with Crippen LogP contribution >= 0.6 is 0 Å². The summed E-state index contributed by atoms with van der Waals surface area (Å²) in [4.78, 5) is 9.19. The maximum atomic E-state index is 12.7. The van der Waals surface area contributed by atoms with E-state index in [4.69, 9.17) is 0 Å². The van der Waals surface area contributed by atoms with Gasteiger partial charge in [-0.2, -0.15) is 0 Å². The van der Waals surface area contributed by atoms with E-state index < -0.39 is 10.0 Å². The normalized spacial score (nSPS) is 11.7. The quantitative estimate of drug-likeness (QED) is 0.689. The summed E-state index contributed by atoms with van der Waals surface area (Å²) >= 11 is 0. The maximum Gasteiger partial charge on any atom is 0.263 e. The van der Waals surface area contributed by atoms with Crippen molar-refractivity contribution >= 4 is 32.7 Å². The van der Waals surface area contributed by atoms with Crippen molar-refractivity contribution in [2.45, 2.75) is 25.7 Å². The summed E-state index contributed by atoms with van der Waals surface area (Å²) in [5.74, 6) is 1.00. The average Bonchev–Trinajstić information content (AvgIpc) is 2.60. The van der Waals surface area contributed by atoms with Gasteiger partial charge in [-0.1, -0.05) is 43.7 Å². The van der Waals surface area contributed by atoms with Crippen LogP contribution in [0.3, 0.4) is 0 Å². The molecule has 2 aromatic carbocycles. The van der Waals surface area contributed by atoms with Crippen molar-refractivity contribution in [3.05, 3.63) is 54.1 Å². The number of sulfonamides is 1. The number of aromatic nitrogens is 2. The Morgan fingerprint density at radius 3 is 2.08 bits per heavy atom. The standard InChI is InChI=1S/C19H22N4O2S/c1-13(2)12-20-18-19(22-17-7-5-4-6-16(17)21-18)23-26(24,25)15-10-8-14(3)9-11-15/h4-11,13H,12H2,1-3H3,(H,20,21)(H,22,23). The second kappa shape index (κ2) is 7.29.